The van der Waals surface area contributed by atoms with E-state index < -0.39 is 22.8 Å². The predicted octanol–water partition coefficient (Wildman–Crippen LogP) is 4.29. The molecule has 4 bridgehead atoms. The fourth-order valence-corrected chi connectivity index (χ4v) is 8.19. The summed E-state index contributed by atoms with van der Waals surface area (Å²) in [6, 6.07) is 0.214. The molecular weight excluding hydrogens is 404 g/mol. The molecule has 4 unspecified atom stereocenters. The average Bonchev–Trinajstić information content (AvgIpc) is 3.30. The summed E-state index contributed by atoms with van der Waals surface area (Å²) in [5, 5.41) is 28.0. The van der Waals surface area contributed by atoms with Crippen LogP contribution in [0.3, 0.4) is 0 Å². The molecule has 176 valence electrons. The molecule has 0 aromatic rings. The van der Waals surface area contributed by atoms with Crippen LogP contribution in [0.4, 0.5) is 0 Å². The van der Waals surface area contributed by atoms with Crippen LogP contribution in [-0.4, -0.2) is 34.2 Å². The van der Waals surface area contributed by atoms with Gasteiger partial charge in [-0.3, -0.25) is 9.59 Å². The van der Waals surface area contributed by atoms with E-state index in [-0.39, 0.29) is 22.9 Å². The summed E-state index contributed by atoms with van der Waals surface area (Å²) < 4.78 is 0. The third-order valence-electron chi connectivity index (χ3n) is 10.5. The molecule has 3 saturated carbocycles. The second kappa shape index (κ2) is 6.77. The van der Waals surface area contributed by atoms with Crippen LogP contribution in [0, 0.1) is 33.5 Å². The Balaban J connectivity index is 1.40. The van der Waals surface area contributed by atoms with Crippen LogP contribution in [0.15, 0.2) is 23.5 Å². The average molecular weight is 443 g/mol. The second-order valence-electron chi connectivity index (χ2n) is 12.1. The molecule has 5 aliphatic carbocycles. The molecule has 6 atom stereocenters. The molecule has 4 N–H and O–H groups in total. The van der Waals surface area contributed by atoms with Gasteiger partial charge in [0.1, 0.15) is 10.8 Å². The zero-order valence-corrected chi connectivity index (χ0v) is 19.8. The van der Waals surface area contributed by atoms with E-state index >= 15 is 0 Å². The number of hydrogen-bond acceptors (Lipinski definition) is 4. The number of hydrogen-bond donors (Lipinski definition) is 4. The van der Waals surface area contributed by atoms with Crippen LogP contribution in [-0.2, 0) is 9.59 Å². The SMILES string of the molecule is CC1(C)C2C=C(N[C@H]3CCCC[C@@H]3NC3=CC4CCC3(C(=O)O)C4(C)C)C1(C(=O)O)CC2. The highest BCUT2D eigenvalue weighted by molar-refractivity contribution is 5.82. The first-order valence-corrected chi connectivity index (χ1v) is 12.4. The van der Waals surface area contributed by atoms with Crippen molar-refractivity contribution >= 4 is 11.9 Å². The highest BCUT2D eigenvalue weighted by atomic mass is 16.4. The third-order valence-corrected chi connectivity index (χ3v) is 10.5. The zero-order chi connectivity index (χ0) is 23.1. The van der Waals surface area contributed by atoms with E-state index in [0.717, 1.165) is 49.9 Å². The second-order valence-corrected chi connectivity index (χ2v) is 12.1. The predicted molar refractivity (Wildman–Crippen MR) is 122 cm³/mol. The summed E-state index contributed by atoms with van der Waals surface area (Å²) in [5.74, 6) is -0.853. The van der Waals surface area contributed by atoms with Gasteiger partial charge in [0, 0.05) is 23.5 Å². The van der Waals surface area contributed by atoms with Gasteiger partial charge < -0.3 is 20.8 Å². The van der Waals surface area contributed by atoms with Crippen molar-refractivity contribution < 1.29 is 19.8 Å². The summed E-state index contributed by atoms with van der Waals surface area (Å²) in [4.78, 5) is 25.0. The molecule has 0 aliphatic heterocycles. The standard InChI is InChI=1S/C26H38N2O4/c1-23(2)15-9-11-25(23,21(29)30)19(13-15)27-17-7-5-6-8-18(17)28-20-14-16-10-12-26(20,22(31)32)24(16,3)4/h13-18,27-28H,5-12H2,1-4H3,(H,29,30)(H,31,32)/t15?,16?,17-,18-,25?,26?/m0/s1. The van der Waals surface area contributed by atoms with Gasteiger partial charge in [-0.25, -0.2) is 0 Å². The minimum absolute atomic E-state index is 0.107. The fourth-order valence-electron chi connectivity index (χ4n) is 8.19. The van der Waals surface area contributed by atoms with Crippen LogP contribution >= 0.6 is 0 Å². The smallest absolute Gasteiger partial charge is 0.316 e. The Morgan fingerprint density at radius 3 is 1.44 bits per heavy atom. The van der Waals surface area contributed by atoms with Crippen LogP contribution in [0.2, 0.25) is 0 Å². The van der Waals surface area contributed by atoms with Gasteiger partial charge in [-0.2, -0.15) is 0 Å². The summed E-state index contributed by atoms with van der Waals surface area (Å²) in [7, 11) is 0. The van der Waals surface area contributed by atoms with Gasteiger partial charge in [0.2, 0.25) is 0 Å². The minimum Gasteiger partial charge on any atom is -0.481 e. The van der Waals surface area contributed by atoms with Crippen LogP contribution in [0.5, 0.6) is 0 Å². The molecule has 32 heavy (non-hydrogen) atoms. The summed E-state index contributed by atoms with van der Waals surface area (Å²) >= 11 is 0. The van der Waals surface area contributed by atoms with E-state index in [1.165, 1.54) is 0 Å². The molecule has 0 amide bonds. The lowest BCUT2D eigenvalue weighted by Crippen LogP contribution is -2.55. The van der Waals surface area contributed by atoms with Crippen LogP contribution in [0.25, 0.3) is 0 Å². The van der Waals surface area contributed by atoms with Crippen molar-refractivity contribution in [1.29, 1.82) is 0 Å². The van der Waals surface area contributed by atoms with Gasteiger partial charge in [-0.1, -0.05) is 52.7 Å². The minimum atomic E-state index is -0.838. The number of aliphatic carboxylic acids is 2. The Morgan fingerprint density at radius 1 is 0.750 bits per heavy atom. The number of carboxylic acid groups (broad SMARTS) is 2. The van der Waals surface area contributed by atoms with E-state index in [9.17, 15) is 19.8 Å². The molecule has 6 nitrogen and oxygen atoms in total. The zero-order valence-electron chi connectivity index (χ0n) is 19.8. The number of nitrogens with one attached hydrogen (secondary N) is 2. The van der Waals surface area contributed by atoms with Crippen molar-refractivity contribution in [3.63, 3.8) is 0 Å². The maximum Gasteiger partial charge on any atom is 0.316 e. The largest absolute Gasteiger partial charge is 0.481 e. The van der Waals surface area contributed by atoms with E-state index in [2.05, 4.69) is 50.5 Å². The topological polar surface area (TPSA) is 98.7 Å². The van der Waals surface area contributed by atoms with Crippen LogP contribution < -0.4 is 10.6 Å². The Bertz CT molecular complexity index is 845. The third kappa shape index (κ3) is 2.47. The molecule has 0 radical (unpaired) electrons. The summed E-state index contributed by atoms with van der Waals surface area (Å²) in [6.45, 7) is 8.39. The lowest BCUT2D eigenvalue weighted by atomic mass is 9.67. The number of rotatable bonds is 6. The molecule has 5 rings (SSSR count). The molecule has 6 heteroatoms. The molecule has 0 saturated heterocycles. The lowest BCUT2D eigenvalue weighted by molar-refractivity contribution is -0.152. The van der Waals surface area contributed by atoms with Gasteiger partial charge in [-0.05, 0) is 61.2 Å². The van der Waals surface area contributed by atoms with Gasteiger partial charge in [0.15, 0.2) is 0 Å². The number of carbonyl (C=O) groups is 2. The van der Waals surface area contributed by atoms with E-state index in [4.69, 9.17) is 0 Å². The molecule has 0 aromatic heterocycles. The Labute approximate surface area is 190 Å². The lowest BCUT2D eigenvalue weighted by Gasteiger charge is -2.43. The van der Waals surface area contributed by atoms with E-state index in [1.54, 1.807) is 0 Å². The molecule has 0 spiro atoms. The van der Waals surface area contributed by atoms with Crippen molar-refractivity contribution in [2.75, 3.05) is 0 Å². The van der Waals surface area contributed by atoms with Crippen molar-refractivity contribution in [3.05, 3.63) is 23.5 Å². The number of fused-ring (bicyclic) bond motifs is 4. The molecule has 0 aromatic carbocycles. The number of allylic oxidation sites excluding steroid dienone is 2. The van der Waals surface area contributed by atoms with E-state index in [1.807, 2.05) is 0 Å². The van der Waals surface area contributed by atoms with Gasteiger partial charge in [0.25, 0.3) is 0 Å². The monoisotopic (exact) mass is 442 g/mol. The first-order chi connectivity index (χ1) is 15.0. The quantitative estimate of drug-likeness (QED) is 0.490. The molecular formula is C26H38N2O4. The van der Waals surface area contributed by atoms with Crippen LogP contribution in [0.1, 0.15) is 79.1 Å². The summed E-state index contributed by atoms with van der Waals surface area (Å²) in [6.07, 6.45) is 11.7. The van der Waals surface area contributed by atoms with Gasteiger partial charge >= 0.3 is 11.9 Å². The Hall–Kier alpha value is -1.98. The van der Waals surface area contributed by atoms with Crippen molar-refractivity contribution in [2.24, 2.45) is 33.5 Å². The number of carboxylic acids is 2. The van der Waals surface area contributed by atoms with Gasteiger partial charge in [-0.15, -0.1) is 0 Å². The van der Waals surface area contributed by atoms with Crippen molar-refractivity contribution in [3.8, 4) is 0 Å². The van der Waals surface area contributed by atoms with Crippen molar-refractivity contribution in [2.45, 2.75) is 91.1 Å². The summed E-state index contributed by atoms with van der Waals surface area (Å²) in [5.41, 5.74) is -0.474. The normalized spacial score (nSPS) is 43.0. The maximum atomic E-state index is 12.5. The first kappa shape index (κ1) is 21.8. The molecule has 3 fully saturated rings. The highest BCUT2D eigenvalue weighted by Crippen LogP contribution is 2.66. The maximum absolute atomic E-state index is 12.5. The van der Waals surface area contributed by atoms with Gasteiger partial charge in [0.05, 0.1) is 0 Å². The highest BCUT2D eigenvalue weighted by Gasteiger charge is 2.66. The van der Waals surface area contributed by atoms with Crippen molar-refractivity contribution in [1.82, 2.24) is 10.6 Å². The fraction of sp³-hybridized carbons (Fsp3) is 0.769. The Kier molecular flexibility index (Phi) is 4.62. The molecule has 0 heterocycles. The molecule has 5 aliphatic rings. The Morgan fingerprint density at radius 2 is 1.12 bits per heavy atom. The van der Waals surface area contributed by atoms with E-state index in [0.29, 0.717) is 24.7 Å². The first-order valence-electron chi connectivity index (χ1n) is 12.4.